The maximum Gasteiger partial charge on any atom is 0.306 e. The van der Waals surface area contributed by atoms with Crippen molar-refractivity contribution in [3.8, 4) is 0 Å². The van der Waals surface area contributed by atoms with Crippen LogP contribution in [0, 0.1) is 19.8 Å². The number of aliphatic carboxylic acids is 1. The van der Waals surface area contributed by atoms with E-state index in [0.29, 0.717) is 18.6 Å². The van der Waals surface area contributed by atoms with E-state index in [0.717, 1.165) is 17.7 Å². The molecule has 0 aromatic carbocycles. The Kier molecular flexibility index (Phi) is 4.11. The van der Waals surface area contributed by atoms with Gasteiger partial charge in [-0.05, 0) is 40.0 Å². The molecule has 1 saturated carbocycles. The number of carboxylic acid groups (broad SMARTS) is 1. The number of amides is 1. The second kappa shape index (κ2) is 5.64. The minimum absolute atomic E-state index is 0.0495. The van der Waals surface area contributed by atoms with Gasteiger partial charge in [0.25, 0.3) is 0 Å². The largest absolute Gasteiger partial charge is 0.481 e. The Morgan fingerprint density at radius 1 is 1.40 bits per heavy atom. The predicted octanol–water partition coefficient (Wildman–Crippen LogP) is 1.76. The van der Waals surface area contributed by atoms with Gasteiger partial charge in [0.15, 0.2) is 0 Å². The van der Waals surface area contributed by atoms with Crippen LogP contribution in [0.15, 0.2) is 4.52 Å². The van der Waals surface area contributed by atoms with Gasteiger partial charge in [-0.15, -0.1) is 0 Å². The lowest BCUT2D eigenvalue weighted by molar-refractivity contribution is -0.141. The van der Waals surface area contributed by atoms with E-state index < -0.39 is 5.97 Å². The molecule has 1 aromatic rings. The summed E-state index contributed by atoms with van der Waals surface area (Å²) in [5.41, 5.74) is 1.54. The van der Waals surface area contributed by atoms with Crippen molar-refractivity contribution in [2.75, 3.05) is 0 Å². The van der Waals surface area contributed by atoms with Crippen molar-refractivity contribution in [3.63, 3.8) is 0 Å². The molecule has 1 heterocycles. The molecule has 0 radical (unpaired) electrons. The number of hydrogen-bond donors (Lipinski definition) is 2. The highest BCUT2D eigenvalue weighted by Crippen LogP contribution is 2.28. The highest BCUT2D eigenvalue weighted by molar-refractivity contribution is 5.84. The van der Waals surface area contributed by atoms with E-state index in [4.69, 9.17) is 9.63 Å². The molecule has 0 bridgehead atoms. The zero-order valence-corrected chi connectivity index (χ0v) is 12.0. The van der Waals surface area contributed by atoms with Crippen LogP contribution in [-0.2, 0) is 9.59 Å². The molecule has 1 amide bonds. The first-order chi connectivity index (χ1) is 9.40. The molecule has 6 heteroatoms. The molecule has 0 unspecified atom stereocenters. The van der Waals surface area contributed by atoms with Gasteiger partial charge in [0.1, 0.15) is 5.76 Å². The van der Waals surface area contributed by atoms with E-state index >= 15 is 0 Å². The third kappa shape index (κ3) is 2.84. The summed E-state index contributed by atoms with van der Waals surface area (Å²) in [6.07, 6.45) is 1.85. The van der Waals surface area contributed by atoms with Gasteiger partial charge in [0, 0.05) is 11.6 Å². The summed E-state index contributed by atoms with van der Waals surface area (Å²) < 4.78 is 5.08. The van der Waals surface area contributed by atoms with Crippen LogP contribution in [0.5, 0.6) is 0 Å². The van der Waals surface area contributed by atoms with Crippen LogP contribution in [0.25, 0.3) is 0 Å². The molecule has 2 N–H and O–H groups in total. The molecule has 2 rings (SSSR count). The first-order valence-corrected chi connectivity index (χ1v) is 6.86. The van der Waals surface area contributed by atoms with Gasteiger partial charge in [-0.3, -0.25) is 9.59 Å². The van der Waals surface area contributed by atoms with Crippen molar-refractivity contribution in [1.82, 2.24) is 10.5 Å². The van der Waals surface area contributed by atoms with Gasteiger partial charge in [0.05, 0.1) is 17.5 Å². The fourth-order valence-corrected chi connectivity index (χ4v) is 2.90. The molecule has 110 valence electrons. The summed E-state index contributed by atoms with van der Waals surface area (Å²) in [6, 6.07) is -0.0495. The topological polar surface area (TPSA) is 92.4 Å². The number of carbonyl (C=O) groups excluding carboxylic acids is 1. The van der Waals surface area contributed by atoms with Crippen molar-refractivity contribution >= 4 is 11.9 Å². The fraction of sp³-hybridized carbons (Fsp3) is 0.643. The highest BCUT2D eigenvalue weighted by atomic mass is 16.5. The fourth-order valence-electron chi connectivity index (χ4n) is 2.90. The summed E-state index contributed by atoms with van der Waals surface area (Å²) in [5.74, 6) is -0.907. The van der Waals surface area contributed by atoms with Crippen LogP contribution in [0.3, 0.4) is 0 Å². The van der Waals surface area contributed by atoms with Crippen LogP contribution in [0.4, 0.5) is 0 Å². The molecule has 0 aliphatic heterocycles. The Labute approximate surface area is 117 Å². The lowest BCUT2D eigenvalue weighted by atomic mass is 9.98. The van der Waals surface area contributed by atoms with Crippen molar-refractivity contribution in [2.24, 2.45) is 5.92 Å². The van der Waals surface area contributed by atoms with E-state index in [-0.39, 0.29) is 23.8 Å². The summed E-state index contributed by atoms with van der Waals surface area (Å²) in [6.45, 7) is 5.41. The molecule has 1 fully saturated rings. The average molecular weight is 280 g/mol. The molecule has 20 heavy (non-hydrogen) atoms. The number of carboxylic acids is 1. The Morgan fingerprint density at radius 2 is 2.10 bits per heavy atom. The number of rotatable bonds is 4. The van der Waals surface area contributed by atoms with Crippen LogP contribution in [0.2, 0.25) is 0 Å². The van der Waals surface area contributed by atoms with Gasteiger partial charge in [0.2, 0.25) is 5.91 Å². The average Bonchev–Trinajstić information content (AvgIpc) is 2.96. The standard InChI is InChI=1S/C14H20N2O4/c1-7(12-8(2)16-20-9(12)3)13(17)15-11-5-4-10(6-11)14(18)19/h7,10-11H,4-6H2,1-3H3,(H,15,17)(H,18,19)/t7-,10+,11+/m0/s1. The van der Waals surface area contributed by atoms with Gasteiger partial charge >= 0.3 is 5.97 Å². The summed E-state index contributed by atoms with van der Waals surface area (Å²) in [4.78, 5) is 23.2. The number of nitrogens with one attached hydrogen (secondary N) is 1. The molecule has 3 atom stereocenters. The molecule has 0 saturated heterocycles. The number of aromatic nitrogens is 1. The highest BCUT2D eigenvalue weighted by Gasteiger charge is 2.32. The van der Waals surface area contributed by atoms with Crippen LogP contribution in [-0.4, -0.2) is 28.2 Å². The zero-order valence-electron chi connectivity index (χ0n) is 12.0. The van der Waals surface area contributed by atoms with Gasteiger partial charge in [-0.1, -0.05) is 5.16 Å². The van der Waals surface area contributed by atoms with E-state index in [2.05, 4.69) is 10.5 Å². The van der Waals surface area contributed by atoms with Crippen molar-refractivity contribution < 1.29 is 19.2 Å². The molecular weight excluding hydrogens is 260 g/mol. The zero-order chi connectivity index (χ0) is 14.9. The molecule has 6 nitrogen and oxygen atoms in total. The summed E-state index contributed by atoms with van der Waals surface area (Å²) >= 11 is 0. The third-order valence-corrected chi connectivity index (χ3v) is 4.04. The SMILES string of the molecule is Cc1noc(C)c1[C@H](C)C(=O)N[C@@H]1CC[C@@H](C(=O)O)C1. The lowest BCUT2D eigenvalue weighted by Crippen LogP contribution is -2.36. The van der Waals surface area contributed by atoms with E-state index in [1.54, 1.807) is 6.92 Å². The minimum Gasteiger partial charge on any atom is -0.481 e. The van der Waals surface area contributed by atoms with Gasteiger partial charge in [-0.2, -0.15) is 0 Å². The molecular formula is C14H20N2O4. The second-order valence-corrected chi connectivity index (χ2v) is 5.51. The molecule has 1 aliphatic rings. The Balaban J connectivity index is 1.97. The molecule has 1 aliphatic carbocycles. The van der Waals surface area contributed by atoms with Gasteiger partial charge < -0.3 is 14.9 Å². The van der Waals surface area contributed by atoms with E-state index in [9.17, 15) is 9.59 Å². The maximum atomic E-state index is 12.3. The first kappa shape index (κ1) is 14.6. The lowest BCUT2D eigenvalue weighted by Gasteiger charge is -2.16. The molecule has 1 aromatic heterocycles. The third-order valence-electron chi connectivity index (χ3n) is 4.04. The van der Waals surface area contributed by atoms with Crippen LogP contribution in [0.1, 0.15) is 49.1 Å². The van der Waals surface area contributed by atoms with Crippen LogP contribution >= 0.6 is 0 Å². The number of nitrogens with zero attached hydrogens (tertiary/aromatic N) is 1. The first-order valence-electron chi connectivity index (χ1n) is 6.86. The monoisotopic (exact) mass is 280 g/mol. The quantitative estimate of drug-likeness (QED) is 0.876. The Bertz CT molecular complexity index is 504. The van der Waals surface area contributed by atoms with Crippen molar-refractivity contribution in [2.45, 2.75) is 52.0 Å². The normalized spacial score (nSPS) is 23.6. The van der Waals surface area contributed by atoms with E-state index in [1.165, 1.54) is 0 Å². The molecule has 0 spiro atoms. The Hall–Kier alpha value is -1.85. The summed E-state index contributed by atoms with van der Waals surface area (Å²) in [5, 5.41) is 15.8. The van der Waals surface area contributed by atoms with E-state index in [1.807, 2.05) is 13.8 Å². The van der Waals surface area contributed by atoms with Crippen molar-refractivity contribution in [1.29, 1.82) is 0 Å². The smallest absolute Gasteiger partial charge is 0.306 e. The number of aryl methyl sites for hydroxylation is 2. The number of carbonyl (C=O) groups is 2. The predicted molar refractivity (Wildman–Crippen MR) is 71.3 cm³/mol. The second-order valence-electron chi connectivity index (χ2n) is 5.51. The van der Waals surface area contributed by atoms with Crippen molar-refractivity contribution in [3.05, 3.63) is 17.0 Å². The minimum atomic E-state index is -0.777. The van der Waals surface area contributed by atoms with Gasteiger partial charge in [-0.25, -0.2) is 0 Å². The number of hydrogen-bond acceptors (Lipinski definition) is 4. The maximum absolute atomic E-state index is 12.3. The summed E-state index contributed by atoms with van der Waals surface area (Å²) in [7, 11) is 0. The van der Waals surface area contributed by atoms with Crippen LogP contribution < -0.4 is 5.32 Å². The Morgan fingerprint density at radius 3 is 2.60 bits per heavy atom.